The first-order chi connectivity index (χ1) is 7.90. The van der Waals surface area contributed by atoms with Crippen LogP contribution < -0.4 is 10.5 Å². The van der Waals surface area contributed by atoms with E-state index in [-0.39, 0.29) is 5.75 Å². The molecule has 5 nitrogen and oxygen atoms in total. The van der Waals surface area contributed by atoms with E-state index in [9.17, 15) is 9.90 Å². The zero-order valence-electron chi connectivity index (χ0n) is 10.2. The van der Waals surface area contributed by atoms with Gasteiger partial charge in [0.15, 0.2) is 11.5 Å². The van der Waals surface area contributed by atoms with Gasteiger partial charge in [0.2, 0.25) is 0 Å². The highest BCUT2D eigenvalue weighted by Crippen LogP contribution is 2.27. The number of hydrogen-bond acceptors (Lipinski definition) is 5. The molecule has 0 spiro atoms. The molecule has 94 valence electrons. The number of rotatable bonds is 4. The number of carbonyl (C=O) groups excluding carboxylic acids is 1. The molecule has 0 saturated heterocycles. The number of benzene rings is 1. The van der Waals surface area contributed by atoms with E-state index in [4.69, 9.17) is 10.5 Å². The summed E-state index contributed by atoms with van der Waals surface area (Å²) < 4.78 is 9.60. The number of carbonyl (C=O) groups is 1. The van der Waals surface area contributed by atoms with Gasteiger partial charge in [-0.1, -0.05) is 6.07 Å². The molecule has 0 radical (unpaired) electrons. The molecule has 1 unspecified atom stereocenters. The fourth-order valence-corrected chi connectivity index (χ4v) is 1.56. The minimum Gasteiger partial charge on any atom is -0.504 e. The van der Waals surface area contributed by atoms with Crippen LogP contribution in [0, 0.1) is 0 Å². The number of phenols is 1. The SMILES string of the molecule is COC(=O)C(C)(N)Cc1ccc(O)c(OC)c1. The minimum absolute atomic E-state index is 0.0491. The van der Waals surface area contributed by atoms with Crippen LogP contribution in [0.4, 0.5) is 0 Å². The Bertz CT molecular complexity index is 415. The van der Waals surface area contributed by atoms with Gasteiger partial charge < -0.3 is 20.3 Å². The van der Waals surface area contributed by atoms with Crippen molar-refractivity contribution in [2.75, 3.05) is 14.2 Å². The summed E-state index contributed by atoms with van der Waals surface area (Å²) in [4.78, 5) is 11.4. The summed E-state index contributed by atoms with van der Waals surface area (Å²) in [7, 11) is 2.76. The van der Waals surface area contributed by atoms with E-state index in [1.807, 2.05) is 0 Å². The molecule has 0 aliphatic heterocycles. The van der Waals surface area contributed by atoms with E-state index in [0.29, 0.717) is 12.2 Å². The lowest BCUT2D eigenvalue weighted by Gasteiger charge is -2.21. The lowest BCUT2D eigenvalue weighted by atomic mass is 9.94. The van der Waals surface area contributed by atoms with Crippen molar-refractivity contribution in [1.82, 2.24) is 0 Å². The van der Waals surface area contributed by atoms with Crippen LogP contribution in [-0.4, -0.2) is 30.8 Å². The second-order valence-electron chi connectivity index (χ2n) is 4.09. The highest BCUT2D eigenvalue weighted by Gasteiger charge is 2.29. The van der Waals surface area contributed by atoms with E-state index in [2.05, 4.69) is 4.74 Å². The van der Waals surface area contributed by atoms with Crippen LogP contribution in [0.3, 0.4) is 0 Å². The maximum atomic E-state index is 11.4. The van der Waals surface area contributed by atoms with Crippen molar-refractivity contribution in [1.29, 1.82) is 0 Å². The molecule has 0 amide bonds. The van der Waals surface area contributed by atoms with Crippen LogP contribution in [0.2, 0.25) is 0 Å². The van der Waals surface area contributed by atoms with Gasteiger partial charge in [-0.25, -0.2) is 0 Å². The fraction of sp³-hybridized carbons (Fsp3) is 0.417. The third-order valence-corrected chi connectivity index (χ3v) is 2.47. The molecule has 0 aromatic heterocycles. The van der Waals surface area contributed by atoms with Gasteiger partial charge in [-0.3, -0.25) is 4.79 Å². The molecule has 1 aromatic carbocycles. The van der Waals surface area contributed by atoms with Gasteiger partial charge in [-0.05, 0) is 24.6 Å². The van der Waals surface area contributed by atoms with Gasteiger partial charge in [0.1, 0.15) is 5.54 Å². The van der Waals surface area contributed by atoms with Crippen molar-refractivity contribution < 1.29 is 19.4 Å². The lowest BCUT2D eigenvalue weighted by Crippen LogP contribution is -2.47. The molecule has 0 fully saturated rings. The summed E-state index contributed by atoms with van der Waals surface area (Å²) in [6.45, 7) is 1.60. The molecule has 0 bridgehead atoms. The first-order valence-electron chi connectivity index (χ1n) is 5.14. The summed E-state index contributed by atoms with van der Waals surface area (Å²) >= 11 is 0. The molecule has 3 N–H and O–H groups in total. The second kappa shape index (κ2) is 5.05. The van der Waals surface area contributed by atoms with Crippen molar-refractivity contribution in [3.8, 4) is 11.5 Å². The quantitative estimate of drug-likeness (QED) is 0.761. The van der Waals surface area contributed by atoms with Crippen LogP contribution in [0.5, 0.6) is 11.5 Å². The smallest absolute Gasteiger partial charge is 0.325 e. The normalized spacial score (nSPS) is 13.9. The Balaban J connectivity index is 2.92. The van der Waals surface area contributed by atoms with E-state index >= 15 is 0 Å². The van der Waals surface area contributed by atoms with Crippen molar-refractivity contribution in [3.05, 3.63) is 23.8 Å². The zero-order valence-corrected chi connectivity index (χ0v) is 10.2. The van der Waals surface area contributed by atoms with Gasteiger partial charge in [0.05, 0.1) is 14.2 Å². The Labute approximate surface area is 100 Å². The summed E-state index contributed by atoms with van der Waals surface area (Å²) in [6.07, 6.45) is 0.302. The maximum Gasteiger partial charge on any atom is 0.325 e. The minimum atomic E-state index is -1.10. The number of ether oxygens (including phenoxy) is 2. The monoisotopic (exact) mass is 239 g/mol. The maximum absolute atomic E-state index is 11.4. The van der Waals surface area contributed by atoms with Crippen molar-refractivity contribution in [2.24, 2.45) is 5.73 Å². The average Bonchev–Trinajstić information content (AvgIpc) is 2.30. The molecule has 0 aliphatic rings. The zero-order chi connectivity index (χ0) is 13.1. The summed E-state index contributed by atoms with van der Waals surface area (Å²) in [6, 6.07) is 4.83. The summed E-state index contributed by atoms with van der Waals surface area (Å²) in [5.41, 5.74) is 5.54. The highest BCUT2D eigenvalue weighted by atomic mass is 16.5. The van der Waals surface area contributed by atoms with Crippen LogP contribution in [0.15, 0.2) is 18.2 Å². The molecule has 0 saturated carbocycles. The number of hydrogen-bond donors (Lipinski definition) is 2. The van der Waals surface area contributed by atoms with Crippen LogP contribution in [0.25, 0.3) is 0 Å². The number of phenolic OH excluding ortho intramolecular Hbond substituents is 1. The van der Waals surface area contributed by atoms with Crippen molar-refractivity contribution in [3.63, 3.8) is 0 Å². The topological polar surface area (TPSA) is 81.8 Å². The highest BCUT2D eigenvalue weighted by molar-refractivity contribution is 5.80. The first-order valence-corrected chi connectivity index (χ1v) is 5.14. The number of nitrogens with two attached hydrogens (primary N) is 1. The van der Waals surface area contributed by atoms with Crippen LogP contribution >= 0.6 is 0 Å². The molecule has 5 heteroatoms. The molecular formula is C12H17NO4. The van der Waals surface area contributed by atoms with E-state index in [0.717, 1.165) is 5.56 Å². The third kappa shape index (κ3) is 3.10. The molecule has 1 rings (SSSR count). The standard InChI is InChI=1S/C12H17NO4/c1-12(13,11(15)17-3)7-8-4-5-9(14)10(6-8)16-2/h4-6,14H,7,13H2,1-3H3. The van der Waals surface area contributed by atoms with Gasteiger partial charge in [-0.2, -0.15) is 0 Å². The Morgan fingerprint density at radius 1 is 1.47 bits per heavy atom. The Morgan fingerprint density at radius 3 is 2.65 bits per heavy atom. The van der Waals surface area contributed by atoms with Gasteiger partial charge in [0.25, 0.3) is 0 Å². The van der Waals surface area contributed by atoms with Crippen LogP contribution in [0.1, 0.15) is 12.5 Å². The van der Waals surface area contributed by atoms with Gasteiger partial charge in [0, 0.05) is 6.42 Å². The predicted molar refractivity (Wildman–Crippen MR) is 63.0 cm³/mol. The Kier molecular flexibility index (Phi) is 3.96. The van der Waals surface area contributed by atoms with E-state index < -0.39 is 11.5 Å². The largest absolute Gasteiger partial charge is 0.504 e. The number of methoxy groups -OCH3 is 2. The van der Waals surface area contributed by atoms with Gasteiger partial charge in [-0.15, -0.1) is 0 Å². The number of aromatic hydroxyl groups is 1. The lowest BCUT2D eigenvalue weighted by molar-refractivity contribution is -0.146. The first kappa shape index (κ1) is 13.3. The predicted octanol–water partition coefficient (Wildman–Crippen LogP) is 0.834. The van der Waals surface area contributed by atoms with E-state index in [1.165, 1.54) is 20.3 Å². The average molecular weight is 239 g/mol. The Hall–Kier alpha value is -1.75. The summed E-state index contributed by atoms with van der Waals surface area (Å²) in [5.74, 6) is -0.0826. The van der Waals surface area contributed by atoms with Crippen LogP contribution in [-0.2, 0) is 16.0 Å². The second-order valence-corrected chi connectivity index (χ2v) is 4.09. The van der Waals surface area contributed by atoms with Crippen molar-refractivity contribution >= 4 is 5.97 Å². The molecule has 0 heterocycles. The van der Waals surface area contributed by atoms with E-state index in [1.54, 1.807) is 19.1 Å². The fourth-order valence-electron chi connectivity index (χ4n) is 1.56. The third-order valence-electron chi connectivity index (χ3n) is 2.47. The van der Waals surface area contributed by atoms with Crippen molar-refractivity contribution in [2.45, 2.75) is 18.9 Å². The molecule has 1 aromatic rings. The van der Waals surface area contributed by atoms with Gasteiger partial charge >= 0.3 is 5.97 Å². The molecule has 1 atom stereocenters. The Morgan fingerprint density at radius 2 is 2.12 bits per heavy atom. The molecular weight excluding hydrogens is 222 g/mol. The molecule has 17 heavy (non-hydrogen) atoms. The molecule has 0 aliphatic carbocycles. The number of esters is 1. The summed E-state index contributed by atoms with van der Waals surface area (Å²) in [5, 5.41) is 9.44.